The Hall–Kier alpha value is -3.94. The fourth-order valence-corrected chi connectivity index (χ4v) is 2.74. The van der Waals surface area contributed by atoms with Crippen LogP contribution in [0.2, 0.25) is 0 Å². The SMILES string of the molecule is O=C(NCc1ccc(Nc2ccc(F)cc2)nc1)c1ccc2[nH]c(=O)[nH]c2c1. The minimum atomic E-state index is -0.312. The summed E-state index contributed by atoms with van der Waals surface area (Å²) in [7, 11) is 0. The van der Waals surface area contributed by atoms with Gasteiger partial charge in [-0.15, -0.1) is 0 Å². The molecule has 0 aliphatic heterocycles. The average Bonchev–Trinajstić information content (AvgIpc) is 3.08. The van der Waals surface area contributed by atoms with E-state index in [1.165, 1.54) is 12.1 Å². The van der Waals surface area contributed by atoms with Crippen LogP contribution in [0.25, 0.3) is 11.0 Å². The van der Waals surface area contributed by atoms with Crippen LogP contribution in [0.4, 0.5) is 15.9 Å². The van der Waals surface area contributed by atoms with Crippen molar-refractivity contribution in [2.75, 3.05) is 5.32 Å². The third-order valence-electron chi connectivity index (χ3n) is 4.17. The molecule has 140 valence electrons. The number of anilines is 2. The number of carbonyl (C=O) groups is 1. The largest absolute Gasteiger partial charge is 0.348 e. The van der Waals surface area contributed by atoms with Crippen molar-refractivity contribution in [3.05, 3.63) is 88.2 Å². The predicted octanol–water partition coefficient (Wildman–Crippen LogP) is 3.06. The molecule has 0 aliphatic carbocycles. The molecule has 2 aromatic carbocycles. The van der Waals surface area contributed by atoms with Gasteiger partial charge >= 0.3 is 5.69 Å². The number of aromatic nitrogens is 3. The Morgan fingerprint density at radius 1 is 1.00 bits per heavy atom. The summed E-state index contributed by atoms with van der Waals surface area (Å²) in [6, 6.07) is 14.6. The smallest absolute Gasteiger partial charge is 0.323 e. The van der Waals surface area contributed by atoms with Crippen molar-refractivity contribution in [2.45, 2.75) is 6.54 Å². The van der Waals surface area contributed by atoms with Crippen molar-refractivity contribution in [2.24, 2.45) is 0 Å². The molecule has 0 unspecified atom stereocenters. The van der Waals surface area contributed by atoms with E-state index in [1.807, 2.05) is 6.07 Å². The van der Waals surface area contributed by atoms with Crippen molar-refractivity contribution in [1.29, 1.82) is 0 Å². The van der Waals surface area contributed by atoms with Gasteiger partial charge < -0.3 is 20.6 Å². The Morgan fingerprint density at radius 3 is 2.54 bits per heavy atom. The molecular formula is C20H16FN5O2. The minimum Gasteiger partial charge on any atom is -0.348 e. The maximum atomic E-state index is 12.9. The Bertz CT molecular complexity index is 1180. The molecule has 28 heavy (non-hydrogen) atoms. The molecule has 0 aliphatic rings. The Kier molecular flexibility index (Phi) is 4.59. The second-order valence-corrected chi connectivity index (χ2v) is 6.21. The van der Waals surface area contributed by atoms with Crippen LogP contribution < -0.4 is 16.3 Å². The lowest BCUT2D eigenvalue weighted by atomic mass is 10.2. The van der Waals surface area contributed by atoms with Crippen molar-refractivity contribution < 1.29 is 9.18 Å². The molecule has 0 saturated heterocycles. The number of hydrogen-bond donors (Lipinski definition) is 4. The van der Waals surface area contributed by atoms with Crippen LogP contribution >= 0.6 is 0 Å². The van der Waals surface area contributed by atoms with Crippen LogP contribution in [0, 0.1) is 5.82 Å². The number of imidazole rings is 1. The zero-order valence-electron chi connectivity index (χ0n) is 14.6. The monoisotopic (exact) mass is 377 g/mol. The summed E-state index contributed by atoms with van der Waals surface area (Å²) >= 11 is 0. The van der Waals surface area contributed by atoms with Crippen molar-refractivity contribution in [1.82, 2.24) is 20.3 Å². The first kappa shape index (κ1) is 17.5. The van der Waals surface area contributed by atoms with Gasteiger partial charge in [0, 0.05) is 24.0 Å². The quantitative estimate of drug-likeness (QED) is 0.429. The molecule has 0 fully saturated rings. The number of hydrogen-bond acceptors (Lipinski definition) is 4. The number of rotatable bonds is 5. The van der Waals surface area contributed by atoms with Crippen LogP contribution in [0.3, 0.4) is 0 Å². The Morgan fingerprint density at radius 2 is 1.79 bits per heavy atom. The Labute approximate surface area is 158 Å². The van der Waals surface area contributed by atoms with Crippen molar-refractivity contribution >= 4 is 28.4 Å². The summed E-state index contributed by atoms with van der Waals surface area (Å²) in [4.78, 5) is 33.2. The zero-order valence-corrected chi connectivity index (χ0v) is 14.6. The molecule has 4 N–H and O–H groups in total. The number of nitrogens with one attached hydrogen (secondary N) is 4. The molecule has 2 heterocycles. The molecule has 7 nitrogen and oxygen atoms in total. The lowest BCUT2D eigenvalue weighted by Crippen LogP contribution is -2.22. The zero-order chi connectivity index (χ0) is 19.5. The highest BCUT2D eigenvalue weighted by Crippen LogP contribution is 2.15. The van der Waals surface area contributed by atoms with E-state index in [-0.39, 0.29) is 17.4 Å². The first-order valence-corrected chi connectivity index (χ1v) is 8.54. The van der Waals surface area contributed by atoms with Gasteiger partial charge in [-0.25, -0.2) is 14.2 Å². The third kappa shape index (κ3) is 3.90. The molecule has 0 bridgehead atoms. The first-order chi connectivity index (χ1) is 13.6. The van der Waals surface area contributed by atoms with Crippen molar-refractivity contribution in [3.8, 4) is 0 Å². The van der Waals surface area contributed by atoms with E-state index >= 15 is 0 Å². The second kappa shape index (κ2) is 7.36. The molecule has 4 rings (SSSR count). The van der Waals surface area contributed by atoms with E-state index in [0.29, 0.717) is 29.0 Å². The summed E-state index contributed by atoms with van der Waals surface area (Å²) in [6.45, 7) is 0.310. The molecule has 0 radical (unpaired) electrons. The summed E-state index contributed by atoms with van der Waals surface area (Å²) in [5, 5.41) is 5.89. The van der Waals surface area contributed by atoms with E-state index in [4.69, 9.17) is 0 Å². The summed E-state index contributed by atoms with van der Waals surface area (Å²) in [5.74, 6) is 0.0626. The fourth-order valence-electron chi connectivity index (χ4n) is 2.74. The van der Waals surface area contributed by atoms with E-state index < -0.39 is 0 Å². The number of nitrogens with zero attached hydrogens (tertiary/aromatic N) is 1. The lowest BCUT2D eigenvalue weighted by molar-refractivity contribution is 0.0951. The maximum absolute atomic E-state index is 12.9. The number of H-pyrrole nitrogens is 2. The van der Waals surface area contributed by atoms with E-state index in [2.05, 4.69) is 25.6 Å². The van der Waals surface area contributed by atoms with Gasteiger partial charge in [-0.3, -0.25) is 4.79 Å². The van der Waals surface area contributed by atoms with Crippen LogP contribution in [0.15, 0.2) is 65.6 Å². The minimum absolute atomic E-state index is 0.252. The van der Waals surface area contributed by atoms with Crippen LogP contribution in [0.5, 0.6) is 0 Å². The van der Waals surface area contributed by atoms with Gasteiger partial charge in [0.05, 0.1) is 11.0 Å². The number of benzene rings is 2. The van der Waals surface area contributed by atoms with Crippen molar-refractivity contribution in [3.63, 3.8) is 0 Å². The number of halogens is 1. The van der Waals surface area contributed by atoms with Gasteiger partial charge in [-0.2, -0.15) is 0 Å². The average molecular weight is 377 g/mol. The summed E-state index contributed by atoms with van der Waals surface area (Å²) in [5.41, 5.74) is 2.92. The standard InChI is InChI=1S/C20H16FN5O2/c21-14-3-5-15(6-4-14)24-18-8-1-12(10-22-18)11-23-19(27)13-2-7-16-17(9-13)26-20(28)25-16/h1-10H,11H2,(H,22,24)(H,23,27)(H2,25,26,28). The Balaban J connectivity index is 1.37. The van der Waals surface area contributed by atoms with E-state index in [9.17, 15) is 14.0 Å². The lowest BCUT2D eigenvalue weighted by Gasteiger charge is -2.08. The summed E-state index contributed by atoms with van der Waals surface area (Å²) in [6.07, 6.45) is 1.65. The molecule has 8 heteroatoms. The molecular weight excluding hydrogens is 361 g/mol. The van der Waals surface area contributed by atoms with Crippen LogP contribution in [0.1, 0.15) is 15.9 Å². The van der Waals surface area contributed by atoms with Gasteiger partial charge in [0.25, 0.3) is 5.91 Å². The van der Waals surface area contributed by atoms with Gasteiger partial charge in [-0.05, 0) is 54.1 Å². The normalized spacial score (nSPS) is 10.8. The maximum Gasteiger partial charge on any atom is 0.323 e. The molecule has 0 atom stereocenters. The first-order valence-electron chi connectivity index (χ1n) is 8.54. The van der Waals surface area contributed by atoms with Gasteiger partial charge in [0.15, 0.2) is 0 Å². The number of amides is 1. The van der Waals surface area contributed by atoms with Crippen LogP contribution in [-0.2, 0) is 6.54 Å². The van der Waals surface area contributed by atoms with Crippen LogP contribution in [-0.4, -0.2) is 20.9 Å². The number of fused-ring (bicyclic) bond motifs is 1. The van der Waals surface area contributed by atoms with E-state index in [1.54, 1.807) is 42.6 Å². The number of carbonyl (C=O) groups excluding carboxylic acids is 1. The van der Waals surface area contributed by atoms with E-state index in [0.717, 1.165) is 11.3 Å². The van der Waals surface area contributed by atoms with Gasteiger partial charge in [0.2, 0.25) is 0 Å². The highest BCUT2D eigenvalue weighted by molar-refractivity contribution is 5.97. The molecule has 2 aromatic heterocycles. The summed E-state index contributed by atoms with van der Waals surface area (Å²) < 4.78 is 12.9. The highest BCUT2D eigenvalue weighted by Gasteiger charge is 2.08. The highest BCUT2D eigenvalue weighted by atomic mass is 19.1. The topological polar surface area (TPSA) is 103 Å². The second-order valence-electron chi connectivity index (χ2n) is 6.21. The van der Waals surface area contributed by atoms with Gasteiger partial charge in [0.1, 0.15) is 11.6 Å². The number of pyridine rings is 1. The molecule has 0 spiro atoms. The fraction of sp³-hybridized carbons (Fsp3) is 0.0500. The number of aromatic amines is 2. The molecule has 4 aromatic rings. The third-order valence-corrected chi connectivity index (χ3v) is 4.17. The molecule has 1 amide bonds. The van der Waals surface area contributed by atoms with Gasteiger partial charge in [-0.1, -0.05) is 6.07 Å². The molecule has 0 saturated carbocycles. The predicted molar refractivity (Wildman–Crippen MR) is 104 cm³/mol.